The topological polar surface area (TPSA) is 61.0 Å². The maximum absolute atomic E-state index is 10.6. The van der Waals surface area contributed by atoms with E-state index in [9.17, 15) is 10.1 Å². The summed E-state index contributed by atoms with van der Waals surface area (Å²) in [5.74, 6) is 1.35. The molecular formula is C8H12ClN3O2. The molecule has 0 unspecified atom stereocenters. The largest absolute Gasteiger partial charge is 0.358 e. The van der Waals surface area contributed by atoms with E-state index in [-0.39, 0.29) is 11.7 Å². The van der Waals surface area contributed by atoms with E-state index in [4.69, 9.17) is 11.6 Å². The number of alkyl halides is 1. The molecule has 1 heterocycles. The number of halogens is 1. The number of aryl methyl sites for hydroxylation is 1. The first-order valence-corrected chi connectivity index (χ1v) is 4.82. The molecule has 5 nitrogen and oxygen atoms in total. The number of hydrogen-bond acceptors (Lipinski definition) is 3. The van der Waals surface area contributed by atoms with Crippen molar-refractivity contribution in [1.82, 2.24) is 9.55 Å². The first-order valence-electron chi connectivity index (χ1n) is 4.28. The van der Waals surface area contributed by atoms with E-state index in [0.717, 1.165) is 0 Å². The quantitative estimate of drug-likeness (QED) is 0.440. The van der Waals surface area contributed by atoms with Gasteiger partial charge in [0.1, 0.15) is 6.20 Å². The van der Waals surface area contributed by atoms with Gasteiger partial charge < -0.3 is 10.1 Å². The fourth-order valence-electron chi connectivity index (χ4n) is 1.19. The van der Waals surface area contributed by atoms with Crippen molar-refractivity contribution in [3.8, 4) is 0 Å². The number of imidazole rings is 1. The summed E-state index contributed by atoms with van der Waals surface area (Å²) in [6, 6.07) is 0. The molecule has 0 N–H and O–H groups in total. The van der Waals surface area contributed by atoms with Gasteiger partial charge in [-0.3, -0.25) is 0 Å². The highest BCUT2D eigenvalue weighted by Crippen LogP contribution is 2.16. The lowest BCUT2D eigenvalue weighted by atomic mass is 10.2. The molecule has 0 aliphatic heterocycles. The SMILES string of the molecule is Cc1ncc([N+](=O)[O-])n1C[C@H](C)CCl. The summed E-state index contributed by atoms with van der Waals surface area (Å²) in [6.45, 7) is 4.22. The van der Waals surface area contributed by atoms with Crippen LogP contribution >= 0.6 is 11.6 Å². The van der Waals surface area contributed by atoms with Crippen LogP contribution in [0, 0.1) is 23.0 Å². The van der Waals surface area contributed by atoms with Crippen molar-refractivity contribution < 1.29 is 4.92 Å². The number of nitro groups is 1. The summed E-state index contributed by atoms with van der Waals surface area (Å²) in [5, 5.41) is 10.6. The van der Waals surface area contributed by atoms with Crippen LogP contribution in [-0.2, 0) is 6.54 Å². The number of rotatable bonds is 4. The van der Waals surface area contributed by atoms with Crippen LogP contribution in [0.1, 0.15) is 12.7 Å². The van der Waals surface area contributed by atoms with E-state index < -0.39 is 4.92 Å². The Bertz CT molecular complexity index is 337. The maximum atomic E-state index is 10.6. The molecule has 1 aromatic rings. The molecule has 0 saturated carbocycles. The molecule has 1 rings (SSSR count). The highest BCUT2D eigenvalue weighted by Gasteiger charge is 2.18. The highest BCUT2D eigenvalue weighted by molar-refractivity contribution is 6.18. The Morgan fingerprint density at radius 2 is 2.43 bits per heavy atom. The van der Waals surface area contributed by atoms with E-state index in [1.54, 1.807) is 11.5 Å². The molecule has 1 aromatic heterocycles. The van der Waals surface area contributed by atoms with Crippen molar-refractivity contribution in [2.24, 2.45) is 5.92 Å². The van der Waals surface area contributed by atoms with Gasteiger partial charge in [0.15, 0.2) is 5.82 Å². The Balaban J connectivity index is 2.93. The van der Waals surface area contributed by atoms with Gasteiger partial charge in [-0.2, -0.15) is 0 Å². The summed E-state index contributed by atoms with van der Waals surface area (Å²) in [7, 11) is 0. The number of nitrogens with zero attached hydrogens (tertiary/aromatic N) is 3. The first kappa shape index (κ1) is 11.0. The average molecular weight is 218 g/mol. The van der Waals surface area contributed by atoms with Crippen LogP contribution in [-0.4, -0.2) is 20.4 Å². The fraction of sp³-hybridized carbons (Fsp3) is 0.625. The Morgan fingerprint density at radius 3 is 2.93 bits per heavy atom. The molecule has 14 heavy (non-hydrogen) atoms. The normalized spacial score (nSPS) is 12.8. The van der Waals surface area contributed by atoms with Crippen LogP contribution in [0.25, 0.3) is 0 Å². The van der Waals surface area contributed by atoms with Crippen molar-refractivity contribution >= 4 is 17.4 Å². The van der Waals surface area contributed by atoms with Crippen molar-refractivity contribution in [2.45, 2.75) is 20.4 Å². The second-order valence-corrected chi connectivity index (χ2v) is 3.60. The lowest BCUT2D eigenvalue weighted by Crippen LogP contribution is -2.12. The van der Waals surface area contributed by atoms with Gasteiger partial charge in [0, 0.05) is 18.7 Å². The van der Waals surface area contributed by atoms with Crippen LogP contribution in [0.15, 0.2) is 6.20 Å². The molecule has 0 aliphatic rings. The van der Waals surface area contributed by atoms with Gasteiger partial charge in [-0.25, -0.2) is 9.55 Å². The molecule has 0 aliphatic carbocycles. The molecule has 0 saturated heterocycles. The molecule has 0 bridgehead atoms. The minimum Gasteiger partial charge on any atom is -0.358 e. The van der Waals surface area contributed by atoms with Crippen LogP contribution in [0.3, 0.4) is 0 Å². The molecule has 0 spiro atoms. The second-order valence-electron chi connectivity index (χ2n) is 3.29. The van der Waals surface area contributed by atoms with Crippen LogP contribution in [0.2, 0.25) is 0 Å². The zero-order chi connectivity index (χ0) is 10.7. The van der Waals surface area contributed by atoms with Gasteiger partial charge in [0.2, 0.25) is 0 Å². The number of aromatic nitrogens is 2. The Kier molecular flexibility index (Phi) is 3.46. The molecule has 0 aromatic carbocycles. The van der Waals surface area contributed by atoms with Gasteiger partial charge in [-0.1, -0.05) is 6.92 Å². The fourth-order valence-corrected chi connectivity index (χ4v) is 1.29. The van der Waals surface area contributed by atoms with Crippen LogP contribution in [0.5, 0.6) is 0 Å². The van der Waals surface area contributed by atoms with E-state index in [1.807, 2.05) is 6.92 Å². The van der Waals surface area contributed by atoms with Crippen LogP contribution < -0.4 is 0 Å². The summed E-state index contributed by atoms with van der Waals surface area (Å²) in [6.07, 6.45) is 1.27. The Hall–Kier alpha value is -1.10. The zero-order valence-electron chi connectivity index (χ0n) is 8.11. The first-order chi connectivity index (χ1) is 6.56. The molecule has 0 amide bonds. The van der Waals surface area contributed by atoms with E-state index in [1.165, 1.54) is 6.20 Å². The lowest BCUT2D eigenvalue weighted by molar-refractivity contribution is -0.392. The average Bonchev–Trinajstić information content (AvgIpc) is 2.48. The zero-order valence-corrected chi connectivity index (χ0v) is 8.86. The van der Waals surface area contributed by atoms with Gasteiger partial charge in [-0.05, 0) is 4.92 Å². The van der Waals surface area contributed by atoms with Crippen molar-refractivity contribution in [1.29, 1.82) is 0 Å². The predicted octanol–water partition coefficient (Wildman–Crippen LogP) is 1.97. The third-order valence-electron chi connectivity index (χ3n) is 1.98. The van der Waals surface area contributed by atoms with Crippen molar-refractivity contribution in [3.63, 3.8) is 0 Å². The lowest BCUT2D eigenvalue weighted by Gasteiger charge is -2.06. The number of hydrogen-bond donors (Lipinski definition) is 0. The highest BCUT2D eigenvalue weighted by atomic mass is 35.5. The minimum absolute atomic E-state index is 0.0273. The molecule has 6 heteroatoms. The summed E-state index contributed by atoms with van der Waals surface area (Å²) in [5.41, 5.74) is 0. The second kappa shape index (κ2) is 4.41. The van der Waals surface area contributed by atoms with E-state index in [2.05, 4.69) is 4.98 Å². The van der Waals surface area contributed by atoms with Crippen molar-refractivity contribution in [2.75, 3.05) is 5.88 Å². The van der Waals surface area contributed by atoms with Crippen LogP contribution in [0.4, 0.5) is 5.82 Å². The van der Waals surface area contributed by atoms with Crippen molar-refractivity contribution in [3.05, 3.63) is 22.1 Å². The predicted molar refractivity (Wildman–Crippen MR) is 53.5 cm³/mol. The Morgan fingerprint density at radius 1 is 1.79 bits per heavy atom. The third-order valence-corrected chi connectivity index (χ3v) is 2.51. The monoisotopic (exact) mass is 217 g/mol. The molecule has 0 radical (unpaired) electrons. The van der Waals surface area contributed by atoms with Gasteiger partial charge in [0.05, 0.1) is 6.54 Å². The van der Waals surface area contributed by atoms with E-state index >= 15 is 0 Å². The Labute approximate surface area is 86.9 Å². The minimum atomic E-state index is -0.430. The molecule has 78 valence electrons. The summed E-state index contributed by atoms with van der Waals surface area (Å²) >= 11 is 5.65. The van der Waals surface area contributed by atoms with Gasteiger partial charge >= 0.3 is 5.82 Å². The van der Waals surface area contributed by atoms with Gasteiger partial charge in [0.25, 0.3) is 0 Å². The standard InChI is InChI=1S/C8H12ClN3O2/c1-6(3-9)5-11-7(2)10-4-8(11)12(13)14/h4,6H,3,5H2,1-2H3/t6-/m1/s1. The summed E-state index contributed by atoms with van der Waals surface area (Å²) < 4.78 is 1.58. The molecule has 0 fully saturated rings. The summed E-state index contributed by atoms with van der Waals surface area (Å²) in [4.78, 5) is 14.1. The smallest absolute Gasteiger partial charge is 0.342 e. The van der Waals surface area contributed by atoms with E-state index in [0.29, 0.717) is 18.2 Å². The molecular weight excluding hydrogens is 206 g/mol. The molecule has 1 atom stereocenters. The maximum Gasteiger partial charge on any atom is 0.342 e. The van der Waals surface area contributed by atoms with Gasteiger partial charge in [-0.15, -0.1) is 11.6 Å². The third kappa shape index (κ3) is 2.23.